The average molecular weight is 316 g/mol. The van der Waals surface area contributed by atoms with Crippen LogP contribution >= 0.6 is 0 Å². The number of nitrogens with zero attached hydrogens (tertiary/aromatic N) is 4. The van der Waals surface area contributed by atoms with Crippen molar-refractivity contribution in [2.24, 2.45) is 0 Å². The molecule has 1 amide bonds. The van der Waals surface area contributed by atoms with E-state index in [1.165, 1.54) is 0 Å². The molecular formula is C17H24N4O2. The van der Waals surface area contributed by atoms with Crippen LogP contribution in [0.3, 0.4) is 0 Å². The fourth-order valence-electron chi connectivity index (χ4n) is 2.21. The molecule has 0 radical (unpaired) electrons. The van der Waals surface area contributed by atoms with E-state index < -0.39 is 5.60 Å². The molecule has 6 nitrogen and oxygen atoms in total. The highest BCUT2D eigenvalue weighted by Gasteiger charge is 2.28. The van der Waals surface area contributed by atoms with Crippen LogP contribution in [-0.4, -0.2) is 32.5 Å². The third-order valence-electron chi connectivity index (χ3n) is 3.15. The molecule has 2 heterocycles. The van der Waals surface area contributed by atoms with Gasteiger partial charge in [0, 0.05) is 12.2 Å². The van der Waals surface area contributed by atoms with E-state index in [-0.39, 0.29) is 12.1 Å². The molecular weight excluding hydrogens is 292 g/mol. The molecule has 0 aliphatic carbocycles. The normalized spacial score (nSPS) is 11.6. The highest BCUT2D eigenvalue weighted by molar-refractivity contribution is 5.89. The fraction of sp³-hybridized carbons (Fsp3) is 0.471. The van der Waals surface area contributed by atoms with E-state index in [9.17, 15) is 4.79 Å². The summed E-state index contributed by atoms with van der Waals surface area (Å²) in [5.41, 5.74) is 1.79. The molecule has 0 atom stereocenters. The standard InChI is InChI=1S/C17H24N4O2/c1-12(2)21(16(22)23-17(4,5)6)15-11-20(19-13(15)3)14-8-7-9-18-10-14/h7-12H,1-6H3. The molecule has 0 aliphatic rings. The maximum Gasteiger partial charge on any atom is 0.415 e. The molecule has 0 spiro atoms. The first-order valence-corrected chi connectivity index (χ1v) is 7.68. The number of amides is 1. The van der Waals surface area contributed by atoms with Crippen LogP contribution in [0.1, 0.15) is 40.3 Å². The van der Waals surface area contributed by atoms with Crippen LogP contribution in [0.2, 0.25) is 0 Å². The molecule has 0 saturated heterocycles. The fourth-order valence-corrected chi connectivity index (χ4v) is 2.21. The summed E-state index contributed by atoms with van der Waals surface area (Å²) >= 11 is 0. The van der Waals surface area contributed by atoms with E-state index in [0.29, 0.717) is 0 Å². The smallest absolute Gasteiger partial charge is 0.415 e. The second kappa shape index (κ2) is 6.40. The third-order valence-corrected chi connectivity index (χ3v) is 3.15. The molecule has 124 valence electrons. The van der Waals surface area contributed by atoms with Gasteiger partial charge in [-0.15, -0.1) is 0 Å². The molecule has 0 bridgehead atoms. The number of pyridine rings is 1. The van der Waals surface area contributed by atoms with E-state index in [1.807, 2.05) is 59.9 Å². The number of aromatic nitrogens is 3. The first-order chi connectivity index (χ1) is 10.7. The van der Waals surface area contributed by atoms with Crippen molar-refractivity contribution in [2.45, 2.75) is 53.2 Å². The average Bonchev–Trinajstić information content (AvgIpc) is 2.79. The second-order valence-electron chi connectivity index (χ2n) is 6.70. The van der Waals surface area contributed by atoms with Crippen LogP contribution in [0.5, 0.6) is 0 Å². The molecule has 2 rings (SSSR count). The van der Waals surface area contributed by atoms with Gasteiger partial charge in [0.25, 0.3) is 0 Å². The summed E-state index contributed by atoms with van der Waals surface area (Å²) in [7, 11) is 0. The monoisotopic (exact) mass is 316 g/mol. The van der Waals surface area contributed by atoms with Gasteiger partial charge in [0.15, 0.2) is 0 Å². The van der Waals surface area contributed by atoms with Crippen LogP contribution in [0, 0.1) is 6.92 Å². The Morgan fingerprint density at radius 3 is 2.57 bits per heavy atom. The summed E-state index contributed by atoms with van der Waals surface area (Å²) in [6.45, 7) is 11.3. The van der Waals surface area contributed by atoms with E-state index in [2.05, 4.69) is 10.1 Å². The van der Waals surface area contributed by atoms with Crippen LogP contribution in [0.15, 0.2) is 30.7 Å². The zero-order chi connectivity index (χ0) is 17.2. The van der Waals surface area contributed by atoms with Crippen molar-refractivity contribution in [1.82, 2.24) is 14.8 Å². The van der Waals surface area contributed by atoms with Gasteiger partial charge in [-0.3, -0.25) is 9.88 Å². The molecule has 0 N–H and O–H groups in total. The lowest BCUT2D eigenvalue weighted by molar-refractivity contribution is 0.0570. The number of carbonyl (C=O) groups excluding carboxylic acids is 1. The molecule has 6 heteroatoms. The Morgan fingerprint density at radius 1 is 1.35 bits per heavy atom. The van der Waals surface area contributed by atoms with Crippen molar-refractivity contribution in [3.8, 4) is 5.69 Å². The summed E-state index contributed by atoms with van der Waals surface area (Å²) < 4.78 is 7.24. The Kier molecular flexibility index (Phi) is 4.73. The lowest BCUT2D eigenvalue weighted by Gasteiger charge is -2.29. The number of hydrogen-bond acceptors (Lipinski definition) is 4. The Hall–Kier alpha value is -2.37. The number of carbonyl (C=O) groups is 1. The summed E-state index contributed by atoms with van der Waals surface area (Å²) in [6, 6.07) is 3.71. The van der Waals surface area contributed by atoms with Gasteiger partial charge >= 0.3 is 6.09 Å². The number of hydrogen-bond donors (Lipinski definition) is 0. The van der Waals surface area contributed by atoms with Gasteiger partial charge in [0.2, 0.25) is 0 Å². The molecule has 0 aliphatic heterocycles. The van der Waals surface area contributed by atoms with Gasteiger partial charge in [0.1, 0.15) is 5.60 Å². The van der Waals surface area contributed by atoms with E-state index in [1.54, 1.807) is 22.0 Å². The Balaban J connectivity index is 2.37. The summed E-state index contributed by atoms with van der Waals surface area (Å²) in [5, 5.41) is 4.49. The topological polar surface area (TPSA) is 60.2 Å². The second-order valence-corrected chi connectivity index (χ2v) is 6.70. The molecule has 2 aromatic rings. The first-order valence-electron chi connectivity index (χ1n) is 7.68. The first kappa shape index (κ1) is 17.0. The quantitative estimate of drug-likeness (QED) is 0.865. The Bertz CT molecular complexity index is 672. The van der Waals surface area contributed by atoms with Crippen LogP contribution < -0.4 is 4.90 Å². The zero-order valence-corrected chi connectivity index (χ0v) is 14.6. The van der Waals surface area contributed by atoms with Gasteiger partial charge in [-0.2, -0.15) is 5.10 Å². The molecule has 0 saturated carbocycles. The SMILES string of the molecule is Cc1nn(-c2cccnc2)cc1N(C(=O)OC(C)(C)C)C(C)C. The minimum absolute atomic E-state index is 0.0462. The van der Waals surface area contributed by atoms with Gasteiger partial charge in [0.05, 0.1) is 29.5 Å². The molecule has 2 aromatic heterocycles. The summed E-state index contributed by atoms with van der Waals surface area (Å²) in [6.07, 6.45) is 4.89. The molecule has 0 aromatic carbocycles. The minimum atomic E-state index is -0.544. The predicted octanol–water partition coefficient (Wildman–Crippen LogP) is 3.73. The minimum Gasteiger partial charge on any atom is -0.443 e. The summed E-state index contributed by atoms with van der Waals surface area (Å²) in [5.74, 6) is 0. The maximum absolute atomic E-state index is 12.6. The van der Waals surface area contributed by atoms with Gasteiger partial charge in [-0.25, -0.2) is 9.48 Å². The van der Waals surface area contributed by atoms with Gasteiger partial charge in [-0.05, 0) is 53.7 Å². The lowest BCUT2D eigenvalue weighted by atomic mass is 10.2. The summed E-state index contributed by atoms with van der Waals surface area (Å²) in [4.78, 5) is 18.3. The van der Waals surface area contributed by atoms with E-state index in [4.69, 9.17) is 4.74 Å². The highest BCUT2D eigenvalue weighted by Crippen LogP contribution is 2.25. The van der Waals surface area contributed by atoms with Crippen molar-refractivity contribution in [3.63, 3.8) is 0 Å². The Labute approximate surface area is 137 Å². The molecule has 0 unspecified atom stereocenters. The predicted molar refractivity (Wildman–Crippen MR) is 89.9 cm³/mol. The molecule has 0 fully saturated rings. The van der Waals surface area contributed by atoms with Crippen molar-refractivity contribution >= 4 is 11.8 Å². The zero-order valence-electron chi connectivity index (χ0n) is 14.6. The maximum atomic E-state index is 12.6. The largest absolute Gasteiger partial charge is 0.443 e. The van der Waals surface area contributed by atoms with E-state index >= 15 is 0 Å². The molecule has 23 heavy (non-hydrogen) atoms. The number of ether oxygens (including phenoxy) is 1. The van der Waals surface area contributed by atoms with Crippen LogP contribution in [0.4, 0.5) is 10.5 Å². The van der Waals surface area contributed by atoms with Gasteiger partial charge < -0.3 is 4.74 Å². The van der Waals surface area contributed by atoms with Crippen molar-refractivity contribution < 1.29 is 9.53 Å². The number of anilines is 1. The van der Waals surface area contributed by atoms with Crippen LogP contribution in [-0.2, 0) is 4.74 Å². The van der Waals surface area contributed by atoms with Gasteiger partial charge in [-0.1, -0.05) is 0 Å². The highest BCUT2D eigenvalue weighted by atomic mass is 16.6. The number of aryl methyl sites for hydroxylation is 1. The van der Waals surface area contributed by atoms with E-state index in [0.717, 1.165) is 17.1 Å². The lowest BCUT2D eigenvalue weighted by Crippen LogP contribution is -2.41. The van der Waals surface area contributed by atoms with Crippen LogP contribution in [0.25, 0.3) is 5.69 Å². The Morgan fingerprint density at radius 2 is 2.04 bits per heavy atom. The van der Waals surface area contributed by atoms with Crippen molar-refractivity contribution in [3.05, 3.63) is 36.4 Å². The van der Waals surface area contributed by atoms with Crippen molar-refractivity contribution in [1.29, 1.82) is 0 Å². The third kappa shape index (κ3) is 4.09. The van der Waals surface area contributed by atoms with Crippen molar-refractivity contribution in [2.75, 3.05) is 4.90 Å². The number of rotatable bonds is 3.